The summed E-state index contributed by atoms with van der Waals surface area (Å²) in [4.78, 5) is 0. The molecule has 0 saturated carbocycles. The van der Waals surface area contributed by atoms with Crippen molar-refractivity contribution in [1.82, 2.24) is 0 Å². The van der Waals surface area contributed by atoms with Crippen LogP contribution in [-0.2, 0) is 11.3 Å². The Hall–Kier alpha value is -0.190. The maximum Gasteiger partial charge on any atom is 0.174 e. The maximum absolute atomic E-state index is 9.91. The number of rotatable bonds is 2. The summed E-state index contributed by atoms with van der Waals surface area (Å²) in [6, 6.07) is 0. The van der Waals surface area contributed by atoms with E-state index in [-0.39, 0.29) is 11.3 Å². The van der Waals surface area contributed by atoms with Crippen molar-refractivity contribution in [2.75, 3.05) is 0 Å². The topological polar surface area (TPSA) is 57.5 Å². The second-order valence-corrected chi connectivity index (χ2v) is 2.57. The van der Waals surface area contributed by atoms with Crippen LogP contribution >= 0.6 is 0 Å². The Morgan fingerprint density at radius 1 is 1.78 bits per heavy atom. The summed E-state index contributed by atoms with van der Waals surface area (Å²) in [7, 11) is 0. The van der Waals surface area contributed by atoms with Gasteiger partial charge in [0, 0.05) is 0 Å². The minimum Gasteiger partial charge on any atom is -0.382 e. The molecule has 0 aromatic carbocycles. The van der Waals surface area contributed by atoms with Crippen molar-refractivity contribution >= 4 is 16.3 Å². The molecule has 0 aliphatic carbocycles. The van der Waals surface area contributed by atoms with Crippen LogP contribution in [0.3, 0.4) is 0 Å². The first kappa shape index (κ1) is 8.81. The fourth-order valence-corrected chi connectivity index (χ4v) is 0.565. The third-order valence-corrected chi connectivity index (χ3v) is 1.83. The van der Waals surface area contributed by atoms with E-state index >= 15 is 0 Å². The van der Waals surface area contributed by atoms with Crippen LogP contribution in [0.4, 0.5) is 0 Å². The van der Waals surface area contributed by atoms with Crippen molar-refractivity contribution in [3.8, 4) is 0 Å². The number of aliphatic hydroxyl groups is 2. The van der Waals surface area contributed by atoms with Gasteiger partial charge in [-0.15, -0.1) is 0 Å². The molecule has 0 amide bonds. The van der Waals surface area contributed by atoms with Crippen molar-refractivity contribution in [2.24, 2.45) is 0 Å². The third-order valence-electron chi connectivity index (χ3n) is 1.23. The third kappa shape index (κ3) is 2.26. The zero-order valence-corrected chi connectivity index (χ0v) is 6.23. The van der Waals surface area contributed by atoms with Gasteiger partial charge in [-0.05, 0) is 13.3 Å². The van der Waals surface area contributed by atoms with Crippen LogP contribution < -0.4 is 0 Å². The van der Waals surface area contributed by atoms with E-state index in [9.17, 15) is 4.21 Å². The first-order chi connectivity index (χ1) is 4.04. The summed E-state index contributed by atoms with van der Waals surface area (Å²) >= 11 is -0.0715. The summed E-state index contributed by atoms with van der Waals surface area (Å²) in [5, 5.41) is 17.3. The van der Waals surface area contributed by atoms with Crippen molar-refractivity contribution < 1.29 is 14.4 Å². The lowest BCUT2D eigenvalue weighted by atomic mass is 10.1. The van der Waals surface area contributed by atoms with Crippen LogP contribution in [0.2, 0.25) is 0 Å². The molecular weight excluding hydrogens is 140 g/mol. The Labute approximate surface area is 57.4 Å². The van der Waals surface area contributed by atoms with Gasteiger partial charge >= 0.3 is 0 Å². The average molecular weight is 150 g/mol. The Bertz CT molecular complexity index is 146. The Morgan fingerprint density at radius 2 is 2.22 bits per heavy atom. The molecule has 2 N–H and O–H groups in total. The van der Waals surface area contributed by atoms with Crippen LogP contribution in [0.5, 0.6) is 0 Å². The van der Waals surface area contributed by atoms with Crippen LogP contribution in [0, 0.1) is 0 Å². The molecule has 0 aliphatic rings. The van der Waals surface area contributed by atoms with Crippen molar-refractivity contribution in [2.45, 2.75) is 25.9 Å². The first-order valence-electron chi connectivity index (χ1n) is 2.63. The lowest BCUT2D eigenvalue weighted by Crippen LogP contribution is -2.33. The van der Waals surface area contributed by atoms with Gasteiger partial charge in [0.2, 0.25) is 0 Å². The summed E-state index contributed by atoms with van der Waals surface area (Å²) in [6.07, 6.45) is 0.341. The predicted octanol–water partition coefficient (Wildman–Crippen LogP) is 0.0483. The molecule has 9 heavy (non-hydrogen) atoms. The lowest BCUT2D eigenvalue weighted by Gasteiger charge is -2.16. The maximum atomic E-state index is 9.91. The summed E-state index contributed by atoms with van der Waals surface area (Å²) in [5.41, 5.74) is -1.33. The quantitative estimate of drug-likeness (QED) is 0.547. The molecular formula is C5H10O3S. The van der Waals surface area contributed by atoms with Gasteiger partial charge in [0.1, 0.15) is 16.9 Å². The van der Waals surface area contributed by atoms with E-state index < -0.39 is 10.7 Å². The van der Waals surface area contributed by atoms with E-state index in [4.69, 9.17) is 10.2 Å². The minimum absolute atomic E-state index is 0.0715. The number of aliphatic hydroxyl groups excluding tert-OH is 1. The highest BCUT2D eigenvalue weighted by molar-refractivity contribution is 7.66. The molecule has 3 nitrogen and oxygen atoms in total. The van der Waals surface area contributed by atoms with E-state index in [2.05, 4.69) is 0 Å². The molecule has 0 aromatic rings. The molecule has 0 saturated heterocycles. The molecule has 0 bridgehead atoms. The van der Waals surface area contributed by atoms with Crippen molar-refractivity contribution in [3.05, 3.63) is 0 Å². The number of hydrogen-bond donors (Lipinski definition) is 2. The fourth-order valence-electron chi connectivity index (χ4n) is 0.241. The lowest BCUT2D eigenvalue weighted by molar-refractivity contribution is 0.112. The summed E-state index contributed by atoms with van der Waals surface area (Å²) in [6.45, 7) is 3.08. The Balaban J connectivity index is 4.33. The highest BCUT2D eigenvalue weighted by Gasteiger charge is 2.22. The molecule has 0 rings (SSSR count). The highest BCUT2D eigenvalue weighted by Crippen LogP contribution is 2.07. The van der Waals surface area contributed by atoms with Gasteiger partial charge in [0.15, 0.2) is 5.05 Å². The second-order valence-electron chi connectivity index (χ2n) is 2.02. The standard InChI is InChI=1S/C5H10O3S/c1-3-5(2,7)4(6)9-8/h6-7H,3H2,1-2H3. The van der Waals surface area contributed by atoms with Crippen molar-refractivity contribution in [3.63, 3.8) is 0 Å². The van der Waals surface area contributed by atoms with E-state index in [1.165, 1.54) is 6.92 Å². The molecule has 4 heteroatoms. The largest absolute Gasteiger partial charge is 0.382 e. The first-order valence-corrected chi connectivity index (χ1v) is 3.37. The molecule has 54 valence electrons. The molecule has 0 radical (unpaired) electrons. The van der Waals surface area contributed by atoms with Gasteiger partial charge in [-0.3, -0.25) is 0 Å². The summed E-state index contributed by atoms with van der Waals surface area (Å²) < 4.78 is 9.91. The van der Waals surface area contributed by atoms with Crippen LogP contribution in [0.25, 0.3) is 0 Å². The van der Waals surface area contributed by atoms with E-state index in [0.717, 1.165) is 0 Å². The Kier molecular flexibility index (Phi) is 3.03. The molecule has 0 spiro atoms. The summed E-state index contributed by atoms with van der Waals surface area (Å²) in [5.74, 6) is 0. The fraction of sp³-hybridized carbons (Fsp3) is 0.800. The smallest absolute Gasteiger partial charge is 0.174 e. The minimum atomic E-state index is -1.33. The van der Waals surface area contributed by atoms with Crippen LogP contribution in [-0.4, -0.2) is 25.1 Å². The Morgan fingerprint density at radius 3 is 2.33 bits per heavy atom. The van der Waals surface area contributed by atoms with Crippen molar-refractivity contribution in [1.29, 1.82) is 0 Å². The van der Waals surface area contributed by atoms with Gasteiger partial charge in [0.25, 0.3) is 0 Å². The van der Waals surface area contributed by atoms with Crippen LogP contribution in [0.1, 0.15) is 20.3 Å². The zero-order chi connectivity index (χ0) is 7.49. The van der Waals surface area contributed by atoms with Gasteiger partial charge in [-0.25, -0.2) is 4.21 Å². The molecule has 1 atom stereocenters. The predicted molar refractivity (Wildman–Crippen MR) is 36.7 cm³/mol. The van der Waals surface area contributed by atoms with Crippen LogP contribution in [0.15, 0.2) is 0 Å². The average Bonchev–Trinajstić information content (AvgIpc) is 1.86. The van der Waals surface area contributed by atoms with E-state index in [1.807, 2.05) is 0 Å². The van der Waals surface area contributed by atoms with Gasteiger partial charge in [0.05, 0.1) is 0 Å². The van der Waals surface area contributed by atoms with Gasteiger partial charge < -0.3 is 10.2 Å². The number of hydrogen-bond acceptors (Lipinski definition) is 2. The highest BCUT2D eigenvalue weighted by atomic mass is 32.1. The second kappa shape index (κ2) is 3.10. The molecule has 0 aliphatic heterocycles. The molecule has 0 aromatic heterocycles. The normalized spacial score (nSPS) is 16.4. The monoisotopic (exact) mass is 150 g/mol. The van der Waals surface area contributed by atoms with Gasteiger partial charge in [-0.2, -0.15) is 0 Å². The van der Waals surface area contributed by atoms with E-state index in [1.54, 1.807) is 6.92 Å². The zero-order valence-electron chi connectivity index (χ0n) is 5.42. The van der Waals surface area contributed by atoms with Gasteiger partial charge in [-0.1, -0.05) is 6.92 Å². The molecule has 0 fully saturated rings. The SMILES string of the molecule is CCC(C)(O)C(O)=S=O. The molecule has 1 unspecified atom stereocenters. The van der Waals surface area contributed by atoms with E-state index in [0.29, 0.717) is 6.42 Å². The molecule has 0 heterocycles.